The summed E-state index contributed by atoms with van der Waals surface area (Å²) in [4.78, 5) is 0. The Labute approximate surface area is 111 Å². The zero-order valence-electron chi connectivity index (χ0n) is 10.6. The highest BCUT2D eigenvalue weighted by Gasteiger charge is 2.39. The number of hydrogen-bond donors (Lipinski definition) is 0. The minimum atomic E-state index is -0.555. The lowest BCUT2D eigenvalue weighted by atomic mass is 9.76. The molecule has 0 N–H and O–H groups in total. The summed E-state index contributed by atoms with van der Waals surface area (Å²) in [5, 5.41) is -0.555. The van der Waals surface area contributed by atoms with Gasteiger partial charge in [0.15, 0.2) is 0 Å². The summed E-state index contributed by atoms with van der Waals surface area (Å²) in [6, 6.07) is 2.39. The van der Waals surface area contributed by atoms with Crippen LogP contribution in [-0.4, -0.2) is 12.7 Å². The molecule has 2 rings (SSSR count). The summed E-state index contributed by atoms with van der Waals surface area (Å²) < 4.78 is 32.7. The van der Waals surface area contributed by atoms with Crippen LogP contribution < -0.4 is 0 Å². The Hall–Kier alpha value is -0.670. The molecule has 0 saturated heterocycles. The lowest BCUT2D eigenvalue weighted by molar-refractivity contribution is -0.0781. The van der Waals surface area contributed by atoms with Crippen molar-refractivity contribution >= 4 is 11.6 Å². The summed E-state index contributed by atoms with van der Waals surface area (Å²) in [7, 11) is 1.65. The van der Waals surface area contributed by atoms with E-state index in [4.69, 9.17) is 16.3 Å². The predicted molar refractivity (Wildman–Crippen MR) is 67.9 cm³/mol. The Morgan fingerprint density at radius 2 is 2.00 bits per heavy atom. The van der Waals surface area contributed by atoms with Crippen LogP contribution in [0.2, 0.25) is 0 Å². The van der Waals surface area contributed by atoms with Crippen LogP contribution in [0.15, 0.2) is 12.1 Å². The molecule has 1 aliphatic carbocycles. The van der Waals surface area contributed by atoms with Gasteiger partial charge in [-0.3, -0.25) is 0 Å². The first-order chi connectivity index (χ1) is 8.47. The SMILES string of the molecule is COC1(CC(Cl)c2cc(F)c(C)cc2F)CCC1. The molecule has 100 valence electrons. The first kappa shape index (κ1) is 13.8. The smallest absolute Gasteiger partial charge is 0.128 e. The van der Waals surface area contributed by atoms with Gasteiger partial charge < -0.3 is 4.74 Å². The zero-order chi connectivity index (χ0) is 13.3. The molecular formula is C14H17ClF2O. The fraction of sp³-hybridized carbons (Fsp3) is 0.571. The average molecular weight is 275 g/mol. The molecule has 0 amide bonds. The number of benzene rings is 1. The quantitative estimate of drug-likeness (QED) is 0.734. The fourth-order valence-corrected chi connectivity index (χ4v) is 2.85. The molecule has 0 bridgehead atoms. The van der Waals surface area contributed by atoms with Gasteiger partial charge in [-0.15, -0.1) is 11.6 Å². The van der Waals surface area contributed by atoms with Crippen molar-refractivity contribution < 1.29 is 13.5 Å². The lowest BCUT2D eigenvalue weighted by Crippen LogP contribution is -2.40. The second kappa shape index (κ2) is 5.14. The molecule has 18 heavy (non-hydrogen) atoms. The predicted octanol–water partition coefficient (Wildman–Crippen LogP) is 4.51. The zero-order valence-corrected chi connectivity index (χ0v) is 11.4. The Balaban J connectivity index is 2.18. The molecule has 1 fully saturated rings. The molecule has 1 nitrogen and oxygen atoms in total. The van der Waals surface area contributed by atoms with Crippen LogP contribution >= 0.6 is 11.6 Å². The van der Waals surface area contributed by atoms with Gasteiger partial charge in [-0.05, 0) is 50.3 Å². The molecule has 0 heterocycles. The Morgan fingerprint density at radius 3 is 2.50 bits per heavy atom. The Kier molecular flexibility index (Phi) is 3.93. The summed E-state index contributed by atoms with van der Waals surface area (Å²) >= 11 is 6.22. The van der Waals surface area contributed by atoms with Crippen LogP contribution in [0.3, 0.4) is 0 Å². The third-order valence-electron chi connectivity index (χ3n) is 3.86. The third-order valence-corrected chi connectivity index (χ3v) is 4.25. The van der Waals surface area contributed by atoms with Crippen LogP contribution in [0.5, 0.6) is 0 Å². The van der Waals surface area contributed by atoms with Gasteiger partial charge in [0.1, 0.15) is 11.6 Å². The second-order valence-electron chi connectivity index (χ2n) is 5.04. The molecule has 1 atom stereocenters. The first-order valence-corrected chi connectivity index (χ1v) is 6.56. The van der Waals surface area contributed by atoms with Crippen molar-refractivity contribution in [2.45, 2.75) is 43.6 Å². The normalized spacial score (nSPS) is 19.4. The highest BCUT2D eigenvalue weighted by molar-refractivity contribution is 6.20. The average Bonchev–Trinajstić information content (AvgIpc) is 2.28. The van der Waals surface area contributed by atoms with Crippen molar-refractivity contribution in [3.8, 4) is 0 Å². The highest BCUT2D eigenvalue weighted by Crippen LogP contribution is 2.44. The van der Waals surface area contributed by atoms with E-state index in [1.54, 1.807) is 7.11 Å². The molecule has 0 aromatic heterocycles. The standard InChI is InChI=1S/C14H17ClF2O/c1-9-6-13(17)10(7-12(9)16)11(15)8-14(18-2)4-3-5-14/h6-7,11H,3-5,8H2,1-2H3. The van der Waals surface area contributed by atoms with Gasteiger partial charge in [-0.2, -0.15) is 0 Å². The van der Waals surface area contributed by atoms with Gasteiger partial charge in [0, 0.05) is 12.7 Å². The summed E-state index contributed by atoms with van der Waals surface area (Å²) in [5.41, 5.74) is 0.272. The van der Waals surface area contributed by atoms with Crippen LogP contribution in [-0.2, 0) is 4.74 Å². The van der Waals surface area contributed by atoms with Gasteiger partial charge in [-0.25, -0.2) is 8.78 Å². The molecule has 0 spiro atoms. The largest absolute Gasteiger partial charge is 0.378 e. The van der Waals surface area contributed by atoms with E-state index in [1.807, 2.05) is 0 Å². The first-order valence-electron chi connectivity index (χ1n) is 6.12. The summed E-state index contributed by atoms with van der Waals surface area (Å²) in [6.45, 7) is 1.54. The van der Waals surface area contributed by atoms with Gasteiger partial charge in [0.2, 0.25) is 0 Å². The van der Waals surface area contributed by atoms with Crippen LogP contribution in [0.4, 0.5) is 8.78 Å². The number of hydrogen-bond acceptors (Lipinski definition) is 1. The van der Waals surface area contributed by atoms with Crippen LogP contribution in [0, 0.1) is 18.6 Å². The van der Waals surface area contributed by atoms with Crippen molar-refractivity contribution in [3.05, 3.63) is 34.9 Å². The summed E-state index contributed by atoms with van der Waals surface area (Å²) in [5.74, 6) is -0.864. The number of rotatable bonds is 4. The molecule has 0 radical (unpaired) electrons. The number of halogens is 3. The molecule has 1 aromatic carbocycles. The van der Waals surface area contributed by atoms with E-state index in [-0.39, 0.29) is 11.2 Å². The molecule has 0 aliphatic heterocycles. The van der Waals surface area contributed by atoms with Crippen molar-refractivity contribution in [1.82, 2.24) is 0 Å². The summed E-state index contributed by atoms with van der Waals surface area (Å²) in [6.07, 6.45) is 3.48. The van der Waals surface area contributed by atoms with E-state index in [2.05, 4.69) is 0 Å². The minimum absolute atomic E-state index is 0.225. The van der Waals surface area contributed by atoms with Crippen molar-refractivity contribution in [2.75, 3.05) is 7.11 Å². The maximum atomic E-state index is 13.8. The van der Waals surface area contributed by atoms with E-state index in [9.17, 15) is 8.78 Å². The highest BCUT2D eigenvalue weighted by atomic mass is 35.5. The number of aryl methyl sites for hydroxylation is 1. The van der Waals surface area contributed by atoms with E-state index in [1.165, 1.54) is 19.1 Å². The molecule has 4 heteroatoms. The van der Waals surface area contributed by atoms with Crippen LogP contribution in [0.1, 0.15) is 42.2 Å². The van der Waals surface area contributed by atoms with Gasteiger partial charge in [-0.1, -0.05) is 0 Å². The lowest BCUT2D eigenvalue weighted by Gasteiger charge is -2.41. The molecule has 1 unspecified atom stereocenters. The van der Waals surface area contributed by atoms with E-state index in [0.717, 1.165) is 19.3 Å². The van der Waals surface area contributed by atoms with E-state index >= 15 is 0 Å². The number of ether oxygens (including phenoxy) is 1. The van der Waals surface area contributed by atoms with Gasteiger partial charge in [0.25, 0.3) is 0 Å². The second-order valence-corrected chi connectivity index (χ2v) is 5.56. The number of methoxy groups -OCH3 is 1. The maximum Gasteiger partial charge on any atom is 0.128 e. The molecular weight excluding hydrogens is 258 g/mol. The van der Waals surface area contributed by atoms with Gasteiger partial charge in [0.05, 0.1) is 11.0 Å². The Morgan fingerprint density at radius 1 is 1.33 bits per heavy atom. The molecule has 1 saturated carbocycles. The maximum absolute atomic E-state index is 13.8. The minimum Gasteiger partial charge on any atom is -0.378 e. The van der Waals surface area contributed by atoms with E-state index in [0.29, 0.717) is 12.0 Å². The molecule has 1 aliphatic rings. The van der Waals surface area contributed by atoms with Crippen molar-refractivity contribution in [2.24, 2.45) is 0 Å². The van der Waals surface area contributed by atoms with Gasteiger partial charge >= 0.3 is 0 Å². The Bertz CT molecular complexity index is 438. The monoisotopic (exact) mass is 274 g/mol. The molecule has 1 aromatic rings. The topological polar surface area (TPSA) is 9.23 Å². The van der Waals surface area contributed by atoms with E-state index < -0.39 is 17.0 Å². The van der Waals surface area contributed by atoms with Crippen LogP contribution in [0.25, 0.3) is 0 Å². The fourth-order valence-electron chi connectivity index (χ4n) is 2.40. The van der Waals surface area contributed by atoms with Crippen molar-refractivity contribution in [1.29, 1.82) is 0 Å². The third kappa shape index (κ3) is 2.52. The number of alkyl halides is 1. The van der Waals surface area contributed by atoms with Crippen molar-refractivity contribution in [3.63, 3.8) is 0 Å².